The number of hydrogen-bond donors (Lipinski definition) is 0. The van der Waals surface area contributed by atoms with Gasteiger partial charge in [0.25, 0.3) is 5.56 Å². The lowest BCUT2D eigenvalue weighted by molar-refractivity contribution is 0.267. The highest BCUT2D eigenvalue weighted by atomic mass is 79.9. The number of nitrogens with zero attached hydrogens (tertiary/aromatic N) is 3. The fraction of sp³-hybridized carbons (Fsp3) is 0.129. The summed E-state index contributed by atoms with van der Waals surface area (Å²) in [4.78, 5) is 18.3. The zero-order valence-corrected chi connectivity index (χ0v) is 24.6. The summed E-state index contributed by atoms with van der Waals surface area (Å²) in [6.07, 6.45) is 1.62. The maximum absolute atomic E-state index is 13.5. The van der Waals surface area contributed by atoms with Crippen molar-refractivity contribution in [2.75, 3.05) is 6.61 Å². The molecule has 0 saturated carbocycles. The smallest absolute Gasteiger partial charge is 0.282 e. The Labute approximate surface area is 243 Å². The van der Waals surface area contributed by atoms with Crippen LogP contribution in [0.25, 0.3) is 22.3 Å². The van der Waals surface area contributed by atoms with Gasteiger partial charge in [-0.05, 0) is 69.5 Å². The van der Waals surface area contributed by atoms with Gasteiger partial charge < -0.3 is 9.47 Å². The van der Waals surface area contributed by atoms with E-state index in [-0.39, 0.29) is 5.56 Å². The molecule has 5 rings (SSSR count). The molecule has 0 fully saturated rings. The van der Waals surface area contributed by atoms with Crippen molar-refractivity contribution in [3.63, 3.8) is 0 Å². The van der Waals surface area contributed by atoms with E-state index in [2.05, 4.69) is 56.0 Å². The molecule has 6 nitrogen and oxygen atoms in total. The van der Waals surface area contributed by atoms with Crippen LogP contribution in [-0.4, -0.2) is 22.5 Å². The molecule has 0 bridgehead atoms. The Morgan fingerprint density at radius 1 is 0.923 bits per heavy atom. The van der Waals surface area contributed by atoms with E-state index < -0.39 is 0 Å². The maximum atomic E-state index is 13.5. The second-order valence-corrected chi connectivity index (χ2v) is 10.4. The number of rotatable bonds is 8. The van der Waals surface area contributed by atoms with Gasteiger partial charge in [-0.3, -0.25) is 4.79 Å². The van der Waals surface area contributed by atoms with E-state index in [0.29, 0.717) is 51.5 Å². The number of halogens is 2. The van der Waals surface area contributed by atoms with Crippen LogP contribution < -0.4 is 15.0 Å². The summed E-state index contributed by atoms with van der Waals surface area (Å²) >= 11 is 7.34. The van der Waals surface area contributed by atoms with Crippen LogP contribution in [0.15, 0.2) is 104 Å². The van der Waals surface area contributed by atoms with Gasteiger partial charge in [0, 0.05) is 15.6 Å². The van der Waals surface area contributed by atoms with Gasteiger partial charge in [0.05, 0.1) is 28.2 Å². The van der Waals surface area contributed by atoms with E-state index in [1.807, 2.05) is 73.7 Å². The Bertz CT molecular complexity index is 1730. The van der Waals surface area contributed by atoms with Gasteiger partial charge in [-0.25, -0.2) is 4.98 Å². The van der Waals surface area contributed by atoms with E-state index in [0.717, 1.165) is 15.6 Å². The van der Waals surface area contributed by atoms with Crippen molar-refractivity contribution in [1.29, 1.82) is 0 Å². The fourth-order valence-electron chi connectivity index (χ4n) is 4.18. The van der Waals surface area contributed by atoms with Gasteiger partial charge in [-0.15, -0.1) is 0 Å². The molecule has 196 valence electrons. The first-order valence-corrected chi connectivity index (χ1v) is 14.0. The first-order valence-electron chi connectivity index (χ1n) is 12.4. The molecule has 5 aromatic rings. The van der Waals surface area contributed by atoms with E-state index in [9.17, 15) is 4.79 Å². The van der Waals surface area contributed by atoms with E-state index >= 15 is 0 Å². The fourth-order valence-corrected chi connectivity index (χ4v) is 5.11. The van der Waals surface area contributed by atoms with Crippen LogP contribution in [0.1, 0.15) is 23.6 Å². The number of ether oxygens (including phenoxy) is 2. The highest BCUT2D eigenvalue weighted by molar-refractivity contribution is 9.13. The van der Waals surface area contributed by atoms with Gasteiger partial charge in [0.15, 0.2) is 17.3 Å². The number of aromatic nitrogens is 2. The van der Waals surface area contributed by atoms with Gasteiger partial charge >= 0.3 is 0 Å². The Morgan fingerprint density at radius 3 is 2.46 bits per heavy atom. The molecule has 4 aromatic carbocycles. The second kappa shape index (κ2) is 12.0. The quantitative estimate of drug-likeness (QED) is 0.162. The first kappa shape index (κ1) is 26.8. The van der Waals surface area contributed by atoms with Crippen molar-refractivity contribution in [1.82, 2.24) is 9.66 Å². The zero-order valence-electron chi connectivity index (χ0n) is 21.4. The van der Waals surface area contributed by atoms with Crippen molar-refractivity contribution in [2.45, 2.75) is 20.5 Å². The molecule has 0 aliphatic heterocycles. The van der Waals surface area contributed by atoms with Crippen molar-refractivity contribution in [3.8, 4) is 22.9 Å². The van der Waals surface area contributed by atoms with Crippen molar-refractivity contribution < 1.29 is 9.47 Å². The SMILES string of the molecule is CCOc1cc(C=Nn2c(-c3ccccc3)nc3ccccc3c2=O)c(Br)c(Br)c1OCc1cccc(C)c1. The molecule has 0 amide bonds. The van der Waals surface area contributed by atoms with Gasteiger partial charge in [-0.2, -0.15) is 9.78 Å². The van der Waals surface area contributed by atoms with Crippen molar-refractivity contribution >= 4 is 49.0 Å². The Morgan fingerprint density at radius 2 is 1.69 bits per heavy atom. The molecule has 0 atom stereocenters. The molecule has 0 aliphatic carbocycles. The third-order valence-corrected chi connectivity index (χ3v) is 8.16. The van der Waals surface area contributed by atoms with Gasteiger partial charge in [0.2, 0.25) is 0 Å². The summed E-state index contributed by atoms with van der Waals surface area (Å²) in [5.41, 5.74) is 4.07. The molecular weight excluding hydrogens is 622 g/mol. The third kappa shape index (κ3) is 5.82. The average molecular weight is 647 g/mol. The number of aryl methyl sites for hydroxylation is 1. The van der Waals surface area contributed by atoms with Crippen LogP contribution in [0, 0.1) is 6.92 Å². The van der Waals surface area contributed by atoms with Gasteiger partial charge in [-0.1, -0.05) is 72.3 Å². The van der Waals surface area contributed by atoms with Crippen LogP contribution in [0.2, 0.25) is 0 Å². The normalized spacial score (nSPS) is 11.3. The van der Waals surface area contributed by atoms with Crippen LogP contribution in [0.3, 0.4) is 0 Å². The summed E-state index contributed by atoms with van der Waals surface area (Å²) in [5.74, 6) is 1.60. The molecule has 1 heterocycles. The minimum atomic E-state index is -0.256. The number of hydrogen-bond acceptors (Lipinski definition) is 5. The largest absolute Gasteiger partial charge is 0.490 e. The predicted octanol–water partition coefficient (Wildman–Crippen LogP) is 7.76. The van der Waals surface area contributed by atoms with Crippen molar-refractivity contribution in [3.05, 3.63) is 121 Å². The Hall–Kier alpha value is -3.75. The molecule has 0 spiro atoms. The maximum Gasteiger partial charge on any atom is 0.282 e. The topological polar surface area (TPSA) is 65.7 Å². The molecule has 39 heavy (non-hydrogen) atoms. The van der Waals surface area contributed by atoms with E-state index in [1.54, 1.807) is 12.3 Å². The van der Waals surface area contributed by atoms with E-state index in [4.69, 9.17) is 14.5 Å². The minimum absolute atomic E-state index is 0.256. The highest BCUT2D eigenvalue weighted by Crippen LogP contribution is 2.43. The summed E-state index contributed by atoms with van der Waals surface area (Å²) in [6, 6.07) is 26.8. The monoisotopic (exact) mass is 645 g/mol. The molecule has 0 N–H and O–H groups in total. The number of benzene rings is 4. The van der Waals surface area contributed by atoms with Crippen molar-refractivity contribution in [2.24, 2.45) is 5.10 Å². The number of fused-ring (bicyclic) bond motifs is 1. The van der Waals surface area contributed by atoms with Crippen LogP contribution in [0.5, 0.6) is 11.5 Å². The van der Waals surface area contributed by atoms with Gasteiger partial charge in [0.1, 0.15) is 6.61 Å². The van der Waals surface area contributed by atoms with E-state index in [1.165, 1.54) is 10.2 Å². The lowest BCUT2D eigenvalue weighted by Gasteiger charge is -2.16. The lowest BCUT2D eigenvalue weighted by atomic mass is 10.1. The third-order valence-electron chi connectivity index (χ3n) is 6.02. The lowest BCUT2D eigenvalue weighted by Crippen LogP contribution is -2.20. The zero-order chi connectivity index (χ0) is 27.4. The predicted molar refractivity (Wildman–Crippen MR) is 163 cm³/mol. The van der Waals surface area contributed by atoms with Crippen LogP contribution >= 0.6 is 31.9 Å². The molecule has 0 aliphatic rings. The average Bonchev–Trinajstić information content (AvgIpc) is 2.95. The Balaban J connectivity index is 1.57. The summed E-state index contributed by atoms with van der Waals surface area (Å²) in [6.45, 7) is 4.81. The molecular formula is C31H25Br2N3O3. The molecule has 8 heteroatoms. The summed E-state index contributed by atoms with van der Waals surface area (Å²) in [7, 11) is 0. The van der Waals surface area contributed by atoms with Crippen LogP contribution in [0.4, 0.5) is 0 Å². The number of para-hydroxylation sites is 1. The first-order chi connectivity index (χ1) is 19.0. The summed E-state index contributed by atoms with van der Waals surface area (Å²) < 4.78 is 14.9. The van der Waals surface area contributed by atoms with Crippen LogP contribution in [-0.2, 0) is 6.61 Å². The molecule has 0 radical (unpaired) electrons. The Kier molecular flexibility index (Phi) is 8.24. The molecule has 0 unspecified atom stereocenters. The summed E-state index contributed by atoms with van der Waals surface area (Å²) in [5, 5.41) is 5.10. The highest BCUT2D eigenvalue weighted by Gasteiger charge is 2.18. The minimum Gasteiger partial charge on any atom is -0.490 e. The molecule has 1 aromatic heterocycles. The second-order valence-electron chi connectivity index (χ2n) is 8.81. The standard InChI is InChI=1S/C31H25Br2N3O3/c1-3-38-26-17-23(27(32)28(33)29(26)39-19-21-11-9-10-20(2)16-21)18-34-36-30(22-12-5-4-6-13-22)35-25-15-8-7-14-24(25)31(36)37/h4-18H,3,19H2,1-2H3. The molecule has 0 saturated heterocycles.